The fourth-order valence-corrected chi connectivity index (χ4v) is 9.04. The number of H-pyrrole nitrogens is 1. The molecule has 0 spiro atoms. The number of hydrogen-bond donors (Lipinski definition) is 1. The number of hydrogen-bond acceptors (Lipinski definition) is 3. The third kappa shape index (κ3) is 6.14. The van der Waals surface area contributed by atoms with Gasteiger partial charge in [-0.3, -0.25) is 9.56 Å². The van der Waals surface area contributed by atoms with Crippen LogP contribution >= 0.6 is 0 Å². The lowest BCUT2D eigenvalue weighted by molar-refractivity contribution is 1.10. The molecular weight excluding hydrogens is 755 g/mol. The molecule has 290 valence electrons. The molecule has 2 heterocycles. The lowest BCUT2D eigenvalue weighted by atomic mass is 9.84. The second-order valence-electron chi connectivity index (χ2n) is 15.7. The zero-order valence-electron chi connectivity index (χ0n) is 33.6. The summed E-state index contributed by atoms with van der Waals surface area (Å²) in [6.45, 7) is 0. The lowest BCUT2D eigenvalue weighted by Crippen LogP contribution is -1.98. The standard InChI is InChI=1S/C57H37N5/c1-3-14-40(15-4-1)57-61-52-21-11-12-22-53(52)62(57)45-29-26-39(27-30-45)54-47-32-28-43(56-59-50-19-9-10-20-51(50)60-56)35-49(47)55(42-25-24-38-13-7-8-16-41(38)34-42)46-31-23-37(33-48(46)54)36-58-44-17-5-2-6-18-44/h1-36H,(H,59,60). The van der Waals surface area contributed by atoms with Crippen LogP contribution in [0.3, 0.4) is 0 Å². The van der Waals surface area contributed by atoms with Gasteiger partial charge >= 0.3 is 0 Å². The number of fused-ring (bicyclic) bond motifs is 5. The SMILES string of the molecule is C(=Nc1ccccc1)c1ccc2c(-c3ccc4ccccc4c3)c3cc(-c4nc5ccccc5[nH]4)ccc3c(-c3ccc(-n4c(-c5ccccc5)nc5ccccc54)cc3)c2c1. The molecule has 12 rings (SSSR count). The molecule has 0 saturated heterocycles. The van der Waals surface area contributed by atoms with Crippen molar-refractivity contribution in [3.63, 3.8) is 0 Å². The van der Waals surface area contributed by atoms with Crippen molar-refractivity contribution in [3.05, 3.63) is 218 Å². The van der Waals surface area contributed by atoms with Crippen LogP contribution in [0.1, 0.15) is 5.56 Å². The normalized spacial score (nSPS) is 11.8. The van der Waals surface area contributed by atoms with Gasteiger partial charge in [0.15, 0.2) is 0 Å². The zero-order chi connectivity index (χ0) is 41.0. The van der Waals surface area contributed by atoms with Crippen LogP contribution in [0, 0.1) is 0 Å². The van der Waals surface area contributed by atoms with Gasteiger partial charge in [0.05, 0.1) is 27.8 Å². The summed E-state index contributed by atoms with van der Waals surface area (Å²) in [7, 11) is 0. The minimum absolute atomic E-state index is 0.845. The van der Waals surface area contributed by atoms with Crippen LogP contribution in [0.4, 0.5) is 5.69 Å². The van der Waals surface area contributed by atoms with E-state index < -0.39 is 0 Å². The number of imidazole rings is 2. The van der Waals surface area contributed by atoms with Crippen LogP contribution in [-0.4, -0.2) is 25.7 Å². The van der Waals surface area contributed by atoms with Crippen LogP contribution in [-0.2, 0) is 0 Å². The van der Waals surface area contributed by atoms with Crippen molar-refractivity contribution < 1.29 is 0 Å². The Balaban J connectivity index is 1.12. The molecule has 0 saturated carbocycles. The predicted octanol–water partition coefficient (Wildman–Crippen LogP) is 14.8. The number of rotatable bonds is 7. The van der Waals surface area contributed by atoms with Crippen molar-refractivity contribution in [2.75, 3.05) is 0 Å². The Hall–Kier alpha value is -8.41. The van der Waals surface area contributed by atoms with Crippen LogP contribution in [0.15, 0.2) is 217 Å². The molecule has 5 heteroatoms. The first kappa shape index (κ1) is 35.5. The van der Waals surface area contributed by atoms with Crippen LogP contribution in [0.5, 0.6) is 0 Å². The van der Waals surface area contributed by atoms with E-state index in [1.54, 1.807) is 0 Å². The fraction of sp³-hybridized carbons (Fsp3) is 0. The highest BCUT2D eigenvalue weighted by Gasteiger charge is 2.20. The van der Waals surface area contributed by atoms with Crippen molar-refractivity contribution in [2.45, 2.75) is 0 Å². The Bertz CT molecular complexity index is 3640. The van der Waals surface area contributed by atoms with Gasteiger partial charge in [-0.15, -0.1) is 0 Å². The summed E-state index contributed by atoms with van der Waals surface area (Å²) in [5.41, 5.74) is 13.7. The van der Waals surface area contributed by atoms with E-state index in [0.29, 0.717) is 0 Å². The molecule has 0 aliphatic carbocycles. The Morgan fingerprint density at radius 1 is 0.435 bits per heavy atom. The Morgan fingerprint density at radius 3 is 1.90 bits per heavy atom. The summed E-state index contributed by atoms with van der Waals surface area (Å²) < 4.78 is 2.27. The van der Waals surface area contributed by atoms with Gasteiger partial charge in [0.2, 0.25) is 0 Å². The molecule has 0 atom stereocenters. The molecule has 0 fully saturated rings. The molecule has 0 amide bonds. The largest absolute Gasteiger partial charge is 0.338 e. The first-order valence-electron chi connectivity index (χ1n) is 20.9. The lowest BCUT2D eigenvalue weighted by Gasteiger charge is -2.19. The van der Waals surface area contributed by atoms with Crippen molar-refractivity contribution in [3.8, 4) is 50.7 Å². The molecular formula is C57H37N5. The molecule has 0 radical (unpaired) electrons. The van der Waals surface area contributed by atoms with Gasteiger partial charge < -0.3 is 4.98 Å². The van der Waals surface area contributed by atoms with Crippen molar-refractivity contribution in [1.29, 1.82) is 0 Å². The maximum atomic E-state index is 5.12. The number of aliphatic imine (C=N–C) groups is 1. The number of aromatic amines is 1. The molecule has 12 aromatic rings. The van der Waals surface area contributed by atoms with Crippen LogP contribution < -0.4 is 0 Å². The number of aromatic nitrogens is 4. The van der Waals surface area contributed by atoms with E-state index in [-0.39, 0.29) is 0 Å². The fourth-order valence-electron chi connectivity index (χ4n) is 9.04. The van der Waals surface area contributed by atoms with Gasteiger partial charge in [0.25, 0.3) is 0 Å². The quantitative estimate of drug-likeness (QED) is 0.129. The first-order valence-corrected chi connectivity index (χ1v) is 20.9. The Kier molecular flexibility index (Phi) is 8.42. The Morgan fingerprint density at radius 2 is 1.08 bits per heavy atom. The molecule has 10 aromatic carbocycles. The van der Waals surface area contributed by atoms with Gasteiger partial charge in [-0.1, -0.05) is 146 Å². The van der Waals surface area contributed by atoms with Crippen molar-refractivity contribution in [2.24, 2.45) is 4.99 Å². The number of benzene rings is 10. The van der Waals surface area contributed by atoms with E-state index in [2.05, 4.69) is 167 Å². The van der Waals surface area contributed by atoms with Crippen LogP contribution in [0.2, 0.25) is 0 Å². The van der Waals surface area contributed by atoms with Gasteiger partial charge in [0, 0.05) is 23.0 Å². The molecule has 2 aromatic heterocycles. The molecule has 0 bridgehead atoms. The van der Waals surface area contributed by atoms with E-state index in [4.69, 9.17) is 15.0 Å². The molecule has 1 N–H and O–H groups in total. The second-order valence-corrected chi connectivity index (χ2v) is 15.7. The topological polar surface area (TPSA) is 58.9 Å². The second kappa shape index (κ2) is 14.7. The van der Waals surface area contributed by atoms with Gasteiger partial charge in [0.1, 0.15) is 11.6 Å². The zero-order valence-corrected chi connectivity index (χ0v) is 33.6. The summed E-state index contributed by atoms with van der Waals surface area (Å²) >= 11 is 0. The van der Waals surface area contributed by atoms with E-state index in [0.717, 1.165) is 100 Å². The predicted molar refractivity (Wildman–Crippen MR) is 259 cm³/mol. The maximum Gasteiger partial charge on any atom is 0.145 e. The van der Waals surface area contributed by atoms with Gasteiger partial charge in [-0.25, -0.2) is 9.97 Å². The highest BCUT2D eigenvalue weighted by atomic mass is 15.1. The third-order valence-corrected chi connectivity index (χ3v) is 12.0. The average Bonchev–Trinajstić information content (AvgIpc) is 3.96. The van der Waals surface area contributed by atoms with E-state index in [1.165, 1.54) is 16.3 Å². The summed E-state index contributed by atoms with van der Waals surface area (Å²) in [6.07, 6.45) is 1.97. The minimum atomic E-state index is 0.845. The Labute approximate surface area is 358 Å². The summed E-state index contributed by atoms with van der Waals surface area (Å²) in [5.74, 6) is 1.76. The molecule has 0 aliphatic heterocycles. The number of nitrogens with one attached hydrogen (secondary N) is 1. The van der Waals surface area contributed by atoms with Crippen molar-refractivity contribution in [1.82, 2.24) is 19.5 Å². The molecule has 0 unspecified atom stereocenters. The van der Waals surface area contributed by atoms with Crippen molar-refractivity contribution >= 4 is 66.3 Å². The van der Waals surface area contributed by atoms with Gasteiger partial charge in [-0.2, -0.15) is 0 Å². The van der Waals surface area contributed by atoms with Crippen LogP contribution in [0.25, 0.3) is 105 Å². The highest BCUT2D eigenvalue weighted by molar-refractivity contribution is 6.23. The molecule has 62 heavy (non-hydrogen) atoms. The summed E-state index contributed by atoms with van der Waals surface area (Å²) in [6, 6.07) is 75.1. The van der Waals surface area contributed by atoms with Gasteiger partial charge in [-0.05, 0) is 127 Å². The first-order chi connectivity index (χ1) is 30.7. The molecule has 5 nitrogen and oxygen atoms in total. The molecule has 0 aliphatic rings. The summed E-state index contributed by atoms with van der Waals surface area (Å²) in [4.78, 5) is 18.6. The third-order valence-electron chi connectivity index (χ3n) is 12.0. The number of para-hydroxylation sites is 5. The van der Waals surface area contributed by atoms with E-state index in [9.17, 15) is 0 Å². The monoisotopic (exact) mass is 791 g/mol. The van der Waals surface area contributed by atoms with E-state index >= 15 is 0 Å². The summed E-state index contributed by atoms with van der Waals surface area (Å²) in [5, 5.41) is 7.04. The van der Waals surface area contributed by atoms with E-state index in [1.807, 2.05) is 60.8 Å². The highest BCUT2D eigenvalue weighted by Crippen LogP contribution is 2.46. The number of nitrogens with zero attached hydrogens (tertiary/aromatic N) is 4. The maximum absolute atomic E-state index is 5.12. The smallest absolute Gasteiger partial charge is 0.145 e. The average molecular weight is 792 g/mol. The minimum Gasteiger partial charge on any atom is -0.338 e.